The number of β-amino-alcohol motifs (C(OH)–C–C–N with tert-alkyl or cyclic N) is 1. The SMILES string of the molecule is Cc1cc(-c2nc(C(=O)Nc3cc4oc(N5CCOCC5)nc4nc3N3CC[C@@H](O)C3)co2)ccn1.Cc1ccc(S(=O)(=O)O)cc1. The van der Waals surface area contributed by atoms with Gasteiger partial charge in [0.25, 0.3) is 22.0 Å². The molecule has 2 aliphatic heterocycles. The minimum atomic E-state index is -4.02. The van der Waals surface area contributed by atoms with Gasteiger partial charge in [0.05, 0.1) is 29.9 Å². The van der Waals surface area contributed by atoms with Crippen LogP contribution in [0.5, 0.6) is 0 Å². The number of nitrogens with zero attached hydrogens (tertiary/aromatic N) is 6. The fourth-order valence-electron chi connectivity index (χ4n) is 5.09. The number of amides is 1. The van der Waals surface area contributed by atoms with Crippen LogP contribution in [-0.2, 0) is 14.9 Å². The fourth-order valence-corrected chi connectivity index (χ4v) is 5.57. The molecular formula is C31H33N7O8S. The molecule has 16 heteroatoms. The van der Waals surface area contributed by atoms with Crippen molar-refractivity contribution >= 4 is 44.8 Å². The molecule has 0 unspecified atom stereocenters. The second-order valence-corrected chi connectivity index (χ2v) is 12.6. The van der Waals surface area contributed by atoms with Crippen molar-refractivity contribution in [3.8, 4) is 11.5 Å². The lowest BCUT2D eigenvalue weighted by atomic mass is 10.2. The summed E-state index contributed by atoms with van der Waals surface area (Å²) in [4.78, 5) is 34.8. The molecule has 7 rings (SSSR count). The van der Waals surface area contributed by atoms with E-state index >= 15 is 0 Å². The van der Waals surface area contributed by atoms with Crippen molar-refractivity contribution in [2.24, 2.45) is 0 Å². The van der Waals surface area contributed by atoms with Gasteiger partial charge in [-0.3, -0.25) is 14.3 Å². The van der Waals surface area contributed by atoms with E-state index in [-0.39, 0.29) is 10.6 Å². The van der Waals surface area contributed by atoms with Gasteiger partial charge in [-0.25, -0.2) is 9.97 Å². The molecule has 2 aliphatic rings. The molecule has 15 nitrogen and oxygen atoms in total. The quantitative estimate of drug-likeness (QED) is 0.223. The van der Waals surface area contributed by atoms with Gasteiger partial charge < -0.3 is 33.8 Å². The standard InChI is InChI=1S/C24H25N7O5.C7H8O3S/c1-14-10-15(2-4-25-14)23-27-18(13-35-23)22(33)26-17-11-19-20(28-21(17)31-5-3-16(32)12-31)29-24(36-19)30-6-8-34-9-7-30;1-6-2-4-7(5-3-6)11(8,9)10/h2,4,10-11,13,16,32H,3,5-9,12H2,1H3,(H,26,33);2-5H,1H3,(H,8,9,10)/t16-;/m1./s1. The summed E-state index contributed by atoms with van der Waals surface area (Å²) in [7, 11) is -4.02. The number of aryl methyl sites for hydroxylation is 2. The van der Waals surface area contributed by atoms with Gasteiger partial charge in [0, 0.05) is 49.7 Å². The van der Waals surface area contributed by atoms with Crippen molar-refractivity contribution in [3.05, 3.63) is 71.9 Å². The molecule has 2 saturated heterocycles. The van der Waals surface area contributed by atoms with Crippen molar-refractivity contribution < 1.29 is 36.4 Å². The number of aliphatic hydroxyl groups excluding tert-OH is 1. The number of pyridine rings is 2. The van der Waals surface area contributed by atoms with Crippen LogP contribution in [0.2, 0.25) is 0 Å². The molecule has 0 bridgehead atoms. The number of anilines is 3. The van der Waals surface area contributed by atoms with Crippen molar-refractivity contribution in [1.29, 1.82) is 0 Å². The number of oxazole rings is 2. The molecule has 1 amide bonds. The predicted octanol–water partition coefficient (Wildman–Crippen LogP) is 3.48. The Hall–Kier alpha value is -4.90. The molecule has 1 atom stereocenters. The van der Waals surface area contributed by atoms with E-state index in [2.05, 4.69) is 20.3 Å². The number of carbonyl (C=O) groups is 1. The Labute approximate surface area is 270 Å². The third-order valence-electron chi connectivity index (χ3n) is 7.54. The molecule has 2 fully saturated rings. The lowest BCUT2D eigenvalue weighted by Crippen LogP contribution is -2.36. The maximum absolute atomic E-state index is 13.1. The summed E-state index contributed by atoms with van der Waals surface area (Å²) >= 11 is 0. The van der Waals surface area contributed by atoms with Crippen LogP contribution in [0.1, 0.15) is 28.2 Å². The van der Waals surface area contributed by atoms with Gasteiger partial charge >= 0.3 is 0 Å². The number of morpholine rings is 1. The van der Waals surface area contributed by atoms with Gasteiger partial charge in [0.1, 0.15) is 6.26 Å². The molecule has 0 spiro atoms. The number of aliphatic hydroxyl groups is 1. The fraction of sp³-hybridized carbons (Fsp3) is 0.323. The molecule has 0 radical (unpaired) electrons. The molecule has 0 aliphatic carbocycles. The van der Waals surface area contributed by atoms with Crippen LogP contribution in [0.4, 0.5) is 17.5 Å². The van der Waals surface area contributed by atoms with Crippen LogP contribution >= 0.6 is 0 Å². The Kier molecular flexibility index (Phi) is 9.17. The molecule has 47 heavy (non-hydrogen) atoms. The molecule has 3 N–H and O–H groups in total. The number of nitrogens with one attached hydrogen (secondary N) is 1. The Morgan fingerprint density at radius 3 is 2.45 bits per heavy atom. The summed E-state index contributed by atoms with van der Waals surface area (Å²) in [5, 5.41) is 13.0. The average molecular weight is 664 g/mol. The number of carbonyl (C=O) groups excluding carboxylic acids is 1. The molecule has 6 heterocycles. The zero-order valence-corrected chi connectivity index (χ0v) is 26.5. The molecule has 4 aromatic heterocycles. The Morgan fingerprint density at radius 1 is 1.00 bits per heavy atom. The number of aromatic nitrogens is 4. The molecule has 5 aromatic rings. The van der Waals surface area contributed by atoms with Crippen LogP contribution in [0.3, 0.4) is 0 Å². The maximum Gasteiger partial charge on any atom is 0.300 e. The number of hydrogen-bond acceptors (Lipinski definition) is 13. The Morgan fingerprint density at radius 2 is 1.77 bits per heavy atom. The first-order chi connectivity index (χ1) is 22.5. The molecule has 0 saturated carbocycles. The van der Waals surface area contributed by atoms with Crippen LogP contribution in [-0.4, -0.2) is 89.4 Å². The summed E-state index contributed by atoms with van der Waals surface area (Å²) in [6.07, 6.45) is 3.13. The number of benzene rings is 1. The van der Waals surface area contributed by atoms with Crippen molar-refractivity contribution in [2.75, 3.05) is 54.5 Å². The molecule has 246 valence electrons. The maximum atomic E-state index is 13.1. The van der Waals surface area contributed by atoms with E-state index in [1.807, 2.05) is 29.7 Å². The highest BCUT2D eigenvalue weighted by Crippen LogP contribution is 2.33. The summed E-state index contributed by atoms with van der Waals surface area (Å²) in [6, 6.07) is 11.8. The molecular weight excluding hydrogens is 630 g/mol. The van der Waals surface area contributed by atoms with Gasteiger partial charge in [-0.1, -0.05) is 17.7 Å². The summed E-state index contributed by atoms with van der Waals surface area (Å²) in [5.41, 5.74) is 3.95. The second kappa shape index (κ2) is 13.4. The number of ether oxygens (including phenoxy) is 1. The third kappa shape index (κ3) is 7.57. The van der Waals surface area contributed by atoms with E-state index in [0.29, 0.717) is 80.5 Å². The van der Waals surface area contributed by atoms with E-state index in [4.69, 9.17) is 23.1 Å². The highest BCUT2D eigenvalue weighted by Gasteiger charge is 2.27. The predicted molar refractivity (Wildman–Crippen MR) is 171 cm³/mol. The zero-order chi connectivity index (χ0) is 33.1. The third-order valence-corrected chi connectivity index (χ3v) is 8.41. The van der Waals surface area contributed by atoms with Crippen LogP contribution in [0.15, 0.2) is 68.7 Å². The van der Waals surface area contributed by atoms with Gasteiger partial charge in [-0.2, -0.15) is 13.4 Å². The lowest BCUT2D eigenvalue weighted by molar-refractivity contribution is 0.102. The molecule has 1 aromatic carbocycles. The van der Waals surface area contributed by atoms with E-state index in [1.165, 1.54) is 18.4 Å². The number of hydrogen-bond donors (Lipinski definition) is 3. The van der Waals surface area contributed by atoms with Crippen LogP contribution in [0.25, 0.3) is 22.7 Å². The first kappa shape index (κ1) is 32.1. The first-order valence-corrected chi connectivity index (χ1v) is 16.3. The number of rotatable bonds is 6. The minimum Gasteiger partial charge on any atom is -0.444 e. The summed E-state index contributed by atoms with van der Waals surface area (Å²) in [5.74, 6) is 0.390. The monoisotopic (exact) mass is 663 g/mol. The van der Waals surface area contributed by atoms with E-state index in [1.54, 1.807) is 30.5 Å². The highest BCUT2D eigenvalue weighted by atomic mass is 32.2. The van der Waals surface area contributed by atoms with Crippen LogP contribution in [0, 0.1) is 13.8 Å². The Bertz CT molecular complexity index is 1990. The van der Waals surface area contributed by atoms with Gasteiger partial charge in [0.15, 0.2) is 17.1 Å². The smallest absolute Gasteiger partial charge is 0.300 e. The van der Waals surface area contributed by atoms with Crippen molar-refractivity contribution in [3.63, 3.8) is 0 Å². The van der Waals surface area contributed by atoms with Crippen LogP contribution < -0.4 is 15.1 Å². The van der Waals surface area contributed by atoms with Crippen molar-refractivity contribution in [2.45, 2.75) is 31.3 Å². The van der Waals surface area contributed by atoms with Gasteiger partial charge in [-0.05, 0) is 44.5 Å². The lowest BCUT2D eigenvalue weighted by Gasteiger charge is -2.24. The Balaban J connectivity index is 0.000000300. The minimum absolute atomic E-state index is 0.0666. The zero-order valence-electron chi connectivity index (χ0n) is 25.7. The second-order valence-electron chi connectivity index (χ2n) is 11.1. The largest absolute Gasteiger partial charge is 0.444 e. The van der Waals surface area contributed by atoms with Crippen molar-refractivity contribution in [1.82, 2.24) is 19.9 Å². The van der Waals surface area contributed by atoms with Gasteiger partial charge in [0.2, 0.25) is 11.5 Å². The summed E-state index contributed by atoms with van der Waals surface area (Å²) < 4.78 is 46.5. The highest BCUT2D eigenvalue weighted by molar-refractivity contribution is 7.85. The average Bonchev–Trinajstić information content (AvgIpc) is 3.81. The number of fused-ring (bicyclic) bond motifs is 1. The first-order valence-electron chi connectivity index (χ1n) is 14.8. The topological polar surface area (TPSA) is 197 Å². The van der Waals surface area contributed by atoms with E-state index in [0.717, 1.165) is 16.8 Å². The normalized spacial score (nSPS) is 16.6. The van der Waals surface area contributed by atoms with E-state index < -0.39 is 22.1 Å². The van der Waals surface area contributed by atoms with Gasteiger partial charge in [-0.15, -0.1) is 0 Å². The summed E-state index contributed by atoms with van der Waals surface area (Å²) in [6.45, 7) is 7.27. The van der Waals surface area contributed by atoms with E-state index in [9.17, 15) is 18.3 Å².